The Hall–Kier alpha value is -0.810. The molecule has 1 N–H and O–H groups in total. The molecule has 1 aromatic rings. The highest BCUT2D eigenvalue weighted by Crippen LogP contribution is 2.21. The zero-order valence-corrected chi connectivity index (χ0v) is 13.6. The van der Waals surface area contributed by atoms with Crippen molar-refractivity contribution in [3.05, 3.63) is 28.8 Å². The van der Waals surface area contributed by atoms with E-state index in [0.717, 1.165) is 49.1 Å². The van der Waals surface area contributed by atoms with Gasteiger partial charge in [-0.05, 0) is 37.2 Å². The molecule has 1 fully saturated rings. The van der Waals surface area contributed by atoms with Crippen molar-refractivity contribution in [2.24, 2.45) is 0 Å². The summed E-state index contributed by atoms with van der Waals surface area (Å²) in [5.41, 5.74) is 0.986. The molecule has 0 spiro atoms. The molecule has 1 aliphatic rings. The van der Waals surface area contributed by atoms with Crippen LogP contribution < -0.4 is 4.74 Å². The molecule has 1 heterocycles. The van der Waals surface area contributed by atoms with E-state index < -0.39 is 6.10 Å². The van der Waals surface area contributed by atoms with Gasteiger partial charge < -0.3 is 14.7 Å². The van der Waals surface area contributed by atoms with Crippen LogP contribution >= 0.6 is 11.6 Å². The lowest BCUT2D eigenvalue weighted by molar-refractivity contribution is 0.0471. The molecular formula is C16H25ClN2O2. The fourth-order valence-electron chi connectivity index (χ4n) is 2.54. The first-order chi connectivity index (χ1) is 10.1. The van der Waals surface area contributed by atoms with Crippen LogP contribution in [0.2, 0.25) is 5.02 Å². The van der Waals surface area contributed by atoms with E-state index in [9.17, 15) is 5.11 Å². The van der Waals surface area contributed by atoms with Crippen molar-refractivity contribution in [1.82, 2.24) is 9.80 Å². The Kier molecular flexibility index (Phi) is 6.30. The number of hydrogen-bond acceptors (Lipinski definition) is 4. The Morgan fingerprint density at radius 3 is 2.52 bits per heavy atom. The van der Waals surface area contributed by atoms with Crippen molar-refractivity contribution in [2.75, 3.05) is 45.9 Å². The number of likely N-dealkylation sites (N-methyl/N-ethyl adjacent to an activating group) is 1. The van der Waals surface area contributed by atoms with Crippen molar-refractivity contribution in [1.29, 1.82) is 0 Å². The summed E-state index contributed by atoms with van der Waals surface area (Å²) in [5, 5.41) is 10.8. The minimum atomic E-state index is -0.464. The van der Waals surface area contributed by atoms with Gasteiger partial charge >= 0.3 is 0 Å². The fourth-order valence-corrected chi connectivity index (χ4v) is 2.66. The predicted octanol–water partition coefficient (Wildman–Crippen LogP) is 2.03. The normalized spacial score (nSPS) is 18.7. The van der Waals surface area contributed by atoms with Crippen LogP contribution in [0.3, 0.4) is 0 Å². The maximum absolute atomic E-state index is 10.1. The average Bonchev–Trinajstić information content (AvgIpc) is 2.49. The first kappa shape index (κ1) is 16.6. The Morgan fingerprint density at radius 2 is 1.90 bits per heavy atom. The maximum Gasteiger partial charge on any atom is 0.119 e. The number of hydrogen-bond donors (Lipinski definition) is 1. The highest BCUT2D eigenvalue weighted by molar-refractivity contribution is 6.31. The predicted molar refractivity (Wildman–Crippen MR) is 86.2 cm³/mol. The molecule has 1 atom stereocenters. The van der Waals surface area contributed by atoms with Gasteiger partial charge in [-0.25, -0.2) is 0 Å². The van der Waals surface area contributed by atoms with Crippen LogP contribution in [-0.4, -0.2) is 66.9 Å². The standard InChI is InChI=1S/C16H25ClN2O2/c1-3-18-6-8-19(9-7-18)11-14(20)12-21-15-4-5-16(17)13(2)10-15/h4-5,10,14,20H,3,6-9,11-12H2,1-2H3/t14-/m1/s1. The lowest BCUT2D eigenvalue weighted by atomic mass is 10.2. The van der Waals surface area contributed by atoms with Gasteiger partial charge in [-0.15, -0.1) is 0 Å². The largest absolute Gasteiger partial charge is 0.491 e. The monoisotopic (exact) mass is 312 g/mol. The van der Waals surface area contributed by atoms with Gasteiger partial charge in [0, 0.05) is 37.7 Å². The molecule has 4 nitrogen and oxygen atoms in total. The van der Waals surface area contributed by atoms with Crippen LogP contribution in [0.25, 0.3) is 0 Å². The van der Waals surface area contributed by atoms with E-state index in [1.54, 1.807) is 0 Å². The van der Waals surface area contributed by atoms with Gasteiger partial charge in [-0.3, -0.25) is 4.90 Å². The zero-order chi connectivity index (χ0) is 15.2. The number of nitrogens with zero attached hydrogens (tertiary/aromatic N) is 2. The molecule has 0 unspecified atom stereocenters. The molecule has 2 rings (SSSR count). The van der Waals surface area contributed by atoms with Crippen molar-refractivity contribution < 1.29 is 9.84 Å². The van der Waals surface area contributed by atoms with Gasteiger partial charge in [-0.2, -0.15) is 0 Å². The number of aryl methyl sites for hydroxylation is 1. The van der Waals surface area contributed by atoms with Crippen LogP contribution in [0.1, 0.15) is 12.5 Å². The average molecular weight is 313 g/mol. The third-order valence-corrected chi connectivity index (χ3v) is 4.38. The molecule has 0 bridgehead atoms. The molecule has 5 heteroatoms. The maximum atomic E-state index is 10.1. The summed E-state index contributed by atoms with van der Waals surface area (Å²) in [6.45, 7) is 10.4. The third kappa shape index (κ3) is 5.15. The van der Waals surface area contributed by atoms with Crippen molar-refractivity contribution in [3.8, 4) is 5.75 Å². The number of aliphatic hydroxyl groups is 1. The highest BCUT2D eigenvalue weighted by Gasteiger charge is 2.18. The summed E-state index contributed by atoms with van der Waals surface area (Å²) in [7, 11) is 0. The van der Waals surface area contributed by atoms with E-state index in [2.05, 4.69) is 16.7 Å². The summed E-state index contributed by atoms with van der Waals surface area (Å²) < 4.78 is 5.64. The molecule has 0 amide bonds. The number of benzene rings is 1. The van der Waals surface area contributed by atoms with Crippen LogP contribution in [-0.2, 0) is 0 Å². The number of piperazine rings is 1. The van der Waals surface area contributed by atoms with Crippen molar-refractivity contribution in [2.45, 2.75) is 20.0 Å². The summed E-state index contributed by atoms with van der Waals surface area (Å²) in [5.74, 6) is 0.756. The first-order valence-electron chi connectivity index (χ1n) is 7.60. The second-order valence-corrected chi connectivity index (χ2v) is 6.02. The van der Waals surface area contributed by atoms with Crippen LogP contribution in [0, 0.1) is 6.92 Å². The minimum Gasteiger partial charge on any atom is -0.491 e. The molecule has 0 aliphatic carbocycles. The van der Waals surface area contributed by atoms with E-state index in [0.29, 0.717) is 13.2 Å². The molecule has 1 aromatic carbocycles. The molecule has 1 aliphatic heterocycles. The van der Waals surface area contributed by atoms with Crippen LogP contribution in [0.5, 0.6) is 5.75 Å². The lowest BCUT2D eigenvalue weighted by Crippen LogP contribution is -2.49. The molecule has 21 heavy (non-hydrogen) atoms. The Labute approximate surface area is 132 Å². The molecule has 0 aromatic heterocycles. The summed E-state index contributed by atoms with van der Waals surface area (Å²) in [6, 6.07) is 5.56. The number of halogens is 1. The molecule has 0 radical (unpaired) electrons. The Morgan fingerprint density at radius 1 is 1.24 bits per heavy atom. The summed E-state index contributed by atoms with van der Waals surface area (Å²) in [4.78, 5) is 4.73. The highest BCUT2D eigenvalue weighted by atomic mass is 35.5. The van der Waals surface area contributed by atoms with Crippen molar-refractivity contribution in [3.63, 3.8) is 0 Å². The quantitative estimate of drug-likeness (QED) is 0.872. The smallest absolute Gasteiger partial charge is 0.119 e. The molecule has 1 saturated heterocycles. The van der Waals surface area contributed by atoms with Crippen molar-refractivity contribution >= 4 is 11.6 Å². The number of ether oxygens (including phenoxy) is 1. The van der Waals surface area contributed by atoms with Gasteiger partial charge in [0.25, 0.3) is 0 Å². The molecule has 0 saturated carbocycles. The first-order valence-corrected chi connectivity index (χ1v) is 7.98. The lowest BCUT2D eigenvalue weighted by Gasteiger charge is -2.34. The van der Waals surface area contributed by atoms with Crippen LogP contribution in [0.15, 0.2) is 18.2 Å². The van der Waals surface area contributed by atoms with Gasteiger partial charge in [0.05, 0.1) is 0 Å². The van der Waals surface area contributed by atoms with Gasteiger partial charge in [-0.1, -0.05) is 18.5 Å². The van der Waals surface area contributed by atoms with Gasteiger partial charge in [0.2, 0.25) is 0 Å². The third-order valence-electron chi connectivity index (χ3n) is 3.95. The molecular weight excluding hydrogens is 288 g/mol. The summed E-state index contributed by atoms with van der Waals surface area (Å²) >= 11 is 5.98. The fraction of sp³-hybridized carbons (Fsp3) is 0.625. The van der Waals surface area contributed by atoms with Gasteiger partial charge in [0.1, 0.15) is 18.5 Å². The van der Waals surface area contributed by atoms with E-state index in [1.165, 1.54) is 0 Å². The summed E-state index contributed by atoms with van der Waals surface area (Å²) in [6.07, 6.45) is -0.464. The van der Waals surface area contributed by atoms with E-state index in [-0.39, 0.29) is 0 Å². The topological polar surface area (TPSA) is 35.9 Å². The number of rotatable bonds is 6. The second-order valence-electron chi connectivity index (χ2n) is 5.61. The Balaban J connectivity index is 1.72. The number of aliphatic hydroxyl groups excluding tert-OH is 1. The molecule has 118 valence electrons. The van der Waals surface area contributed by atoms with E-state index in [4.69, 9.17) is 16.3 Å². The van der Waals surface area contributed by atoms with Gasteiger partial charge in [0.15, 0.2) is 0 Å². The SMILES string of the molecule is CCN1CCN(C[C@@H](O)COc2ccc(Cl)c(C)c2)CC1. The second kappa shape index (κ2) is 7.99. The Bertz CT molecular complexity index is 448. The van der Waals surface area contributed by atoms with E-state index >= 15 is 0 Å². The zero-order valence-electron chi connectivity index (χ0n) is 12.9. The van der Waals surface area contributed by atoms with E-state index in [1.807, 2.05) is 25.1 Å². The minimum absolute atomic E-state index is 0.315. The van der Waals surface area contributed by atoms with Crippen LogP contribution in [0.4, 0.5) is 0 Å². The number of β-amino-alcohol motifs (C(OH)–C–C–N with tert-alkyl or cyclic N) is 1.